The van der Waals surface area contributed by atoms with Crippen molar-refractivity contribution in [1.29, 1.82) is 0 Å². The summed E-state index contributed by atoms with van der Waals surface area (Å²) in [6.07, 6.45) is 2.42. The summed E-state index contributed by atoms with van der Waals surface area (Å²) in [5, 5.41) is 0. The number of ether oxygens (including phenoxy) is 2. The van der Waals surface area contributed by atoms with E-state index in [2.05, 4.69) is 6.07 Å². The standard InChI is InChI=1S/C11H13O2/c1-12-9-5-6-10(8-3-4-8)11(7-9)13-2/h5-7H,3-4H2,1-2H3. The van der Waals surface area contributed by atoms with Crippen LogP contribution in [0, 0.1) is 5.92 Å². The molecule has 1 aliphatic rings. The number of hydrogen-bond acceptors (Lipinski definition) is 2. The van der Waals surface area contributed by atoms with Gasteiger partial charge >= 0.3 is 0 Å². The van der Waals surface area contributed by atoms with Gasteiger partial charge in [0.05, 0.1) is 14.2 Å². The Bertz CT molecular complexity index is 303. The molecule has 0 atom stereocenters. The average molecular weight is 177 g/mol. The predicted octanol–water partition coefficient (Wildman–Crippen LogP) is 2.42. The third-order valence-electron chi connectivity index (χ3n) is 2.29. The first-order valence-corrected chi connectivity index (χ1v) is 4.42. The fraction of sp³-hybridized carbons (Fsp3) is 0.364. The van der Waals surface area contributed by atoms with Crippen LogP contribution < -0.4 is 9.47 Å². The van der Waals surface area contributed by atoms with E-state index in [-0.39, 0.29) is 0 Å². The highest BCUT2D eigenvalue weighted by Crippen LogP contribution is 2.44. The number of hydrogen-bond donors (Lipinski definition) is 0. The van der Waals surface area contributed by atoms with E-state index < -0.39 is 0 Å². The van der Waals surface area contributed by atoms with Crippen molar-refractivity contribution in [3.63, 3.8) is 0 Å². The van der Waals surface area contributed by atoms with E-state index in [4.69, 9.17) is 9.47 Å². The molecule has 1 saturated carbocycles. The molecule has 1 aromatic rings. The molecule has 1 radical (unpaired) electrons. The predicted molar refractivity (Wildman–Crippen MR) is 51.1 cm³/mol. The van der Waals surface area contributed by atoms with E-state index in [1.807, 2.05) is 12.1 Å². The minimum absolute atomic E-state index is 0.849. The largest absolute Gasteiger partial charge is 0.497 e. The minimum Gasteiger partial charge on any atom is -0.497 e. The quantitative estimate of drug-likeness (QED) is 0.706. The molecule has 0 aliphatic heterocycles. The number of benzene rings is 1. The summed E-state index contributed by atoms with van der Waals surface area (Å²) in [6, 6.07) is 5.98. The molecule has 2 heteroatoms. The zero-order valence-electron chi connectivity index (χ0n) is 7.96. The summed E-state index contributed by atoms with van der Waals surface area (Å²) in [5.74, 6) is 3.26. The Morgan fingerprint density at radius 2 is 1.85 bits per heavy atom. The van der Waals surface area contributed by atoms with Crippen LogP contribution in [0.25, 0.3) is 0 Å². The average Bonchev–Trinajstić information content (AvgIpc) is 3.00. The van der Waals surface area contributed by atoms with Crippen molar-refractivity contribution < 1.29 is 9.47 Å². The van der Waals surface area contributed by atoms with Crippen molar-refractivity contribution in [3.05, 3.63) is 29.7 Å². The normalized spacial score (nSPS) is 15.5. The lowest BCUT2D eigenvalue weighted by atomic mass is 10.1. The van der Waals surface area contributed by atoms with Crippen molar-refractivity contribution in [2.75, 3.05) is 14.2 Å². The molecular weight excluding hydrogens is 164 g/mol. The van der Waals surface area contributed by atoms with Crippen LogP contribution in [0.15, 0.2) is 18.2 Å². The molecule has 0 heterocycles. The van der Waals surface area contributed by atoms with E-state index in [0.29, 0.717) is 0 Å². The van der Waals surface area contributed by atoms with Gasteiger partial charge < -0.3 is 9.47 Å². The Balaban J connectivity index is 2.33. The van der Waals surface area contributed by atoms with Crippen LogP contribution in [-0.4, -0.2) is 14.2 Å². The second-order valence-electron chi connectivity index (χ2n) is 3.17. The second-order valence-corrected chi connectivity index (χ2v) is 3.17. The third kappa shape index (κ3) is 1.62. The highest BCUT2D eigenvalue weighted by Gasteiger charge is 2.27. The van der Waals surface area contributed by atoms with Crippen LogP contribution in [0.3, 0.4) is 0 Å². The molecule has 0 spiro atoms. The summed E-state index contributed by atoms with van der Waals surface area (Å²) in [5.41, 5.74) is 1.24. The van der Waals surface area contributed by atoms with Crippen LogP contribution in [0.4, 0.5) is 0 Å². The van der Waals surface area contributed by atoms with Gasteiger partial charge in [-0.15, -0.1) is 0 Å². The van der Waals surface area contributed by atoms with E-state index in [0.717, 1.165) is 11.5 Å². The van der Waals surface area contributed by atoms with E-state index in [1.165, 1.54) is 24.3 Å². The molecule has 69 valence electrons. The van der Waals surface area contributed by atoms with Crippen molar-refractivity contribution >= 4 is 0 Å². The Kier molecular flexibility index (Phi) is 2.13. The number of methoxy groups -OCH3 is 2. The summed E-state index contributed by atoms with van der Waals surface area (Å²) in [6.45, 7) is 0. The van der Waals surface area contributed by atoms with Gasteiger partial charge in [0.2, 0.25) is 0 Å². The second kappa shape index (κ2) is 3.29. The topological polar surface area (TPSA) is 18.5 Å². The van der Waals surface area contributed by atoms with Crippen LogP contribution in [0.2, 0.25) is 0 Å². The van der Waals surface area contributed by atoms with Gasteiger partial charge in [-0.05, 0) is 18.9 Å². The lowest BCUT2D eigenvalue weighted by Gasteiger charge is -2.08. The van der Waals surface area contributed by atoms with Gasteiger partial charge in [0, 0.05) is 17.5 Å². The molecule has 0 N–H and O–H groups in total. The minimum atomic E-state index is 0.849. The maximum atomic E-state index is 5.29. The van der Waals surface area contributed by atoms with Crippen LogP contribution in [0.5, 0.6) is 11.5 Å². The Morgan fingerprint density at radius 3 is 2.38 bits per heavy atom. The summed E-state index contributed by atoms with van der Waals surface area (Å²) < 4.78 is 10.4. The molecule has 1 fully saturated rings. The lowest BCUT2D eigenvalue weighted by molar-refractivity contribution is 0.392. The van der Waals surface area contributed by atoms with Gasteiger partial charge in [-0.1, -0.05) is 6.07 Å². The molecule has 13 heavy (non-hydrogen) atoms. The Hall–Kier alpha value is -1.18. The third-order valence-corrected chi connectivity index (χ3v) is 2.29. The lowest BCUT2D eigenvalue weighted by Crippen LogP contribution is -1.91. The molecule has 2 nitrogen and oxygen atoms in total. The highest BCUT2D eigenvalue weighted by molar-refractivity contribution is 5.51. The first-order valence-electron chi connectivity index (χ1n) is 4.42. The van der Waals surface area contributed by atoms with Gasteiger partial charge in [0.1, 0.15) is 11.5 Å². The highest BCUT2D eigenvalue weighted by atomic mass is 16.5. The van der Waals surface area contributed by atoms with Crippen LogP contribution >= 0.6 is 0 Å². The Labute approximate surface area is 78.5 Å². The number of rotatable bonds is 3. The zero-order valence-corrected chi connectivity index (χ0v) is 7.96. The fourth-order valence-electron chi connectivity index (χ4n) is 1.42. The zero-order chi connectivity index (χ0) is 9.26. The van der Waals surface area contributed by atoms with E-state index >= 15 is 0 Å². The van der Waals surface area contributed by atoms with Crippen molar-refractivity contribution in [2.45, 2.75) is 12.8 Å². The van der Waals surface area contributed by atoms with Gasteiger partial charge in [0.15, 0.2) is 0 Å². The molecule has 0 aromatic heterocycles. The van der Waals surface area contributed by atoms with Gasteiger partial charge in [-0.2, -0.15) is 0 Å². The van der Waals surface area contributed by atoms with Crippen molar-refractivity contribution in [2.24, 2.45) is 0 Å². The van der Waals surface area contributed by atoms with Gasteiger partial charge in [0.25, 0.3) is 0 Å². The molecule has 2 rings (SSSR count). The summed E-state index contributed by atoms with van der Waals surface area (Å²) in [4.78, 5) is 0. The molecular formula is C11H13O2. The van der Waals surface area contributed by atoms with Crippen molar-refractivity contribution in [1.82, 2.24) is 0 Å². The first-order chi connectivity index (χ1) is 6.35. The molecule has 0 bridgehead atoms. The summed E-state index contributed by atoms with van der Waals surface area (Å²) in [7, 11) is 3.36. The smallest absolute Gasteiger partial charge is 0.126 e. The maximum absolute atomic E-state index is 5.29. The van der Waals surface area contributed by atoms with Gasteiger partial charge in [-0.25, -0.2) is 0 Å². The molecule has 0 amide bonds. The van der Waals surface area contributed by atoms with Crippen LogP contribution in [-0.2, 0) is 0 Å². The van der Waals surface area contributed by atoms with Gasteiger partial charge in [-0.3, -0.25) is 0 Å². The maximum Gasteiger partial charge on any atom is 0.126 e. The first kappa shape index (κ1) is 8.42. The van der Waals surface area contributed by atoms with Crippen molar-refractivity contribution in [3.8, 4) is 11.5 Å². The van der Waals surface area contributed by atoms with Crippen LogP contribution in [0.1, 0.15) is 18.4 Å². The monoisotopic (exact) mass is 177 g/mol. The molecule has 1 aliphatic carbocycles. The molecule has 1 aromatic carbocycles. The molecule has 0 saturated heterocycles. The SMILES string of the molecule is COc1ccc([C]2CC2)c(OC)c1. The Morgan fingerprint density at radius 1 is 1.08 bits per heavy atom. The van der Waals surface area contributed by atoms with E-state index in [9.17, 15) is 0 Å². The van der Waals surface area contributed by atoms with E-state index in [1.54, 1.807) is 14.2 Å². The fourth-order valence-corrected chi connectivity index (χ4v) is 1.42. The molecule has 0 unspecified atom stereocenters. The summed E-state index contributed by atoms with van der Waals surface area (Å²) >= 11 is 0.